The molecule has 9 nitrogen and oxygen atoms in total. The van der Waals surface area contributed by atoms with Crippen LogP contribution in [0.1, 0.15) is 89.7 Å². The molecule has 9 heteroatoms. The van der Waals surface area contributed by atoms with Gasteiger partial charge in [-0.05, 0) is 49.7 Å². The van der Waals surface area contributed by atoms with Gasteiger partial charge in [-0.15, -0.1) is 0 Å². The standard InChI is InChI=1S/C38H59NO8/c1-4-7-24-42-30-33-35(43-25-8-5-2)34(40)36(44-26-9-6-3)37(47-33)45-27-18-12-17-23-39(28-31-19-13-10-14-20-31)38(41)46-29-32-21-15-11-16-22-32/h10-11,13-16,19-22,33-37,40H,4-9,12,17-18,23-30H2,1-3H3/t33?,34-,35-,36-,37?/m0/s1. The molecule has 0 aromatic heterocycles. The molecule has 0 saturated carbocycles. The molecule has 2 aromatic carbocycles. The summed E-state index contributed by atoms with van der Waals surface area (Å²) in [4.78, 5) is 14.8. The lowest BCUT2D eigenvalue weighted by molar-refractivity contribution is -0.317. The van der Waals surface area contributed by atoms with E-state index < -0.39 is 30.7 Å². The maximum absolute atomic E-state index is 13.1. The first-order chi connectivity index (χ1) is 23.1. The van der Waals surface area contributed by atoms with Crippen LogP contribution in [-0.4, -0.2) is 86.4 Å². The number of carbonyl (C=O) groups is 1. The highest BCUT2D eigenvalue weighted by atomic mass is 16.7. The predicted octanol–water partition coefficient (Wildman–Crippen LogP) is 7.29. The second kappa shape index (κ2) is 23.7. The number of rotatable bonds is 24. The van der Waals surface area contributed by atoms with Gasteiger partial charge in [-0.25, -0.2) is 4.79 Å². The van der Waals surface area contributed by atoms with E-state index in [1.54, 1.807) is 4.90 Å². The number of hydrogen-bond donors (Lipinski definition) is 1. The van der Waals surface area contributed by atoms with Crippen LogP contribution in [0.5, 0.6) is 0 Å². The number of aliphatic hydroxyl groups is 1. The molecule has 1 heterocycles. The Kier molecular flexibility index (Phi) is 19.7. The maximum atomic E-state index is 13.1. The molecule has 1 fully saturated rings. The van der Waals surface area contributed by atoms with Crippen LogP contribution in [0, 0.1) is 0 Å². The van der Waals surface area contributed by atoms with Crippen LogP contribution in [0.2, 0.25) is 0 Å². The zero-order valence-electron chi connectivity index (χ0n) is 28.9. The summed E-state index contributed by atoms with van der Waals surface area (Å²) >= 11 is 0. The first-order valence-electron chi connectivity index (χ1n) is 17.8. The molecule has 0 bridgehead atoms. The van der Waals surface area contributed by atoms with Crippen LogP contribution in [0.15, 0.2) is 60.7 Å². The van der Waals surface area contributed by atoms with Crippen molar-refractivity contribution in [3.8, 4) is 0 Å². The molecule has 3 rings (SSSR count). The molecule has 1 aliphatic rings. The van der Waals surface area contributed by atoms with Crippen molar-refractivity contribution in [3.63, 3.8) is 0 Å². The quantitative estimate of drug-likeness (QED) is 0.118. The average Bonchev–Trinajstić information content (AvgIpc) is 3.09. The minimum absolute atomic E-state index is 0.239. The highest BCUT2D eigenvalue weighted by molar-refractivity contribution is 5.67. The molecule has 264 valence electrons. The van der Waals surface area contributed by atoms with Gasteiger partial charge < -0.3 is 38.4 Å². The third-order valence-corrected chi connectivity index (χ3v) is 8.19. The number of benzene rings is 2. The molecule has 2 aromatic rings. The summed E-state index contributed by atoms with van der Waals surface area (Å²) in [5.41, 5.74) is 2.01. The van der Waals surface area contributed by atoms with E-state index in [9.17, 15) is 9.90 Å². The van der Waals surface area contributed by atoms with E-state index in [1.807, 2.05) is 60.7 Å². The van der Waals surface area contributed by atoms with Gasteiger partial charge in [-0.2, -0.15) is 0 Å². The number of nitrogens with zero attached hydrogens (tertiary/aromatic N) is 1. The molecule has 47 heavy (non-hydrogen) atoms. The number of ether oxygens (including phenoxy) is 6. The average molecular weight is 658 g/mol. The first-order valence-corrected chi connectivity index (χ1v) is 17.8. The van der Waals surface area contributed by atoms with Crippen LogP contribution in [-0.2, 0) is 41.6 Å². The first kappa shape index (κ1) is 38.9. The highest BCUT2D eigenvalue weighted by Crippen LogP contribution is 2.28. The van der Waals surface area contributed by atoms with E-state index in [1.165, 1.54) is 0 Å². The monoisotopic (exact) mass is 657 g/mol. The Hall–Kier alpha value is -2.53. The molecule has 1 amide bonds. The van der Waals surface area contributed by atoms with Crippen LogP contribution in [0.3, 0.4) is 0 Å². The summed E-state index contributed by atoms with van der Waals surface area (Å²) in [7, 11) is 0. The SMILES string of the molecule is CCCCOCC1OC(OCCCCCN(Cc2ccccc2)C(=O)OCc2ccccc2)[C@@H](OCCCC)[C@@H](O)[C@H]1OCCCC. The highest BCUT2D eigenvalue weighted by Gasteiger charge is 2.47. The van der Waals surface area contributed by atoms with Crippen molar-refractivity contribution in [1.82, 2.24) is 4.90 Å². The lowest BCUT2D eigenvalue weighted by Gasteiger charge is -2.44. The molecule has 0 spiro atoms. The van der Waals surface area contributed by atoms with Gasteiger partial charge >= 0.3 is 6.09 Å². The van der Waals surface area contributed by atoms with E-state index in [2.05, 4.69) is 20.8 Å². The summed E-state index contributed by atoms with van der Waals surface area (Å²) in [6.07, 6.45) is 4.59. The van der Waals surface area contributed by atoms with Crippen molar-refractivity contribution in [3.05, 3.63) is 71.8 Å². The summed E-state index contributed by atoms with van der Waals surface area (Å²) in [5.74, 6) is 0. The number of aliphatic hydroxyl groups excluding tert-OH is 1. The second-order valence-corrected chi connectivity index (χ2v) is 12.2. The van der Waals surface area contributed by atoms with Gasteiger partial charge in [-0.3, -0.25) is 0 Å². The zero-order chi connectivity index (χ0) is 33.5. The fourth-order valence-electron chi connectivity index (χ4n) is 5.35. The Labute approximate surface area is 282 Å². The summed E-state index contributed by atoms with van der Waals surface area (Å²) < 4.78 is 36.5. The normalized spacial score (nSPS) is 21.1. The van der Waals surface area contributed by atoms with E-state index in [4.69, 9.17) is 28.4 Å². The zero-order valence-corrected chi connectivity index (χ0v) is 28.9. The second-order valence-electron chi connectivity index (χ2n) is 12.2. The van der Waals surface area contributed by atoms with Crippen LogP contribution in [0.25, 0.3) is 0 Å². The van der Waals surface area contributed by atoms with Crippen molar-refractivity contribution in [2.45, 2.75) is 122 Å². The molecule has 2 unspecified atom stereocenters. The van der Waals surface area contributed by atoms with Gasteiger partial charge in [0.05, 0.1) is 6.61 Å². The summed E-state index contributed by atoms with van der Waals surface area (Å²) in [5, 5.41) is 11.4. The van der Waals surface area contributed by atoms with Crippen molar-refractivity contribution in [1.29, 1.82) is 0 Å². The van der Waals surface area contributed by atoms with Gasteiger partial charge in [0.2, 0.25) is 0 Å². The summed E-state index contributed by atoms with van der Waals surface area (Å²) in [6.45, 7) is 10.1. The predicted molar refractivity (Wildman–Crippen MR) is 183 cm³/mol. The molecule has 0 aliphatic carbocycles. The molecule has 5 atom stereocenters. The van der Waals surface area contributed by atoms with Gasteiger partial charge in [-0.1, -0.05) is 101 Å². The van der Waals surface area contributed by atoms with Gasteiger partial charge in [0.15, 0.2) is 6.29 Å². The van der Waals surface area contributed by atoms with Crippen molar-refractivity contribution in [2.75, 3.05) is 39.6 Å². The van der Waals surface area contributed by atoms with Gasteiger partial charge in [0, 0.05) is 39.5 Å². The van der Waals surface area contributed by atoms with E-state index in [0.717, 1.165) is 68.9 Å². The van der Waals surface area contributed by atoms with Gasteiger partial charge in [0.1, 0.15) is 31.0 Å². The molecule has 1 N–H and O–H groups in total. The van der Waals surface area contributed by atoms with Crippen LogP contribution >= 0.6 is 0 Å². The Morgan fingerprint density at radius 2 is 1.32 bits per heavy atom. The Morgan fingerprint density at radius 3 is 1.98 bits per heavy atom. The number of hydrogen-bond acceptors (Lipinski definition) is 8. The third-order valence-electron chi connectivity index (χ3n) is 8.19. The number of amides is 1. The van der Waals surface area contributed by atoms with Crippen LogP contribution in [0.4, 0.5) is 4.79 Å². The lowest BCUT2D eigenvalue weighted by Crippen LogP contribution is -2.61. The maximum Gasteiger partial charge on any atom is 0.410 e. The van der Waals surface area contributed by atoms with Crippen LogP contribution < -0.4 is 0 Å². The fraction of sp³-hybridized carbons (Fsp3) is 0.658. The Bertz CT molecular complexity index is 1060. The fourth-order valence-corrected chi connectivity index (χ4v) is 5.35. The van der Waals surface area contributed by atoms with Crippen molar-refractivity contribution >= 4 is 6.09 Å². The molecule has 0 radical (unpaired) electrons. The Balaban J connectivity index is 1.53. The molecule has 1 aliphatic heterocycles. The minimum atomic E-state index is -0.893. The van der Waals surface area contributed by atoms with E-state index >= 15 is 0 Å². The largest absolute Gasteiger partial charge is 0.445 e. The smallest absolute Gasteiger partial charge is 0.410 e. The van der Waals surface area contributed by atoms with Gasteiger partial charge in [0.25, 0.3) is 0 Å². The van der Waals surface area contributed by atoms with E-state index in [-0.39, 0.29) is 12.7 Å². The summed E-state index contributed by atoms with van der Waals surface area (Å²) in [6, 6.07) is 19.7. The van der Waals surface area contributed by atoms with Crippen molar-refractivity contribution in [2.24, 2.45) is 0 Å². The lowest BCUT2D eigenvalue weighted by atomic mass is 9.98. The topological polar surface area (TPSA) is 95.9 Å². The number of unbranched alkanes of at least 4 members (excludes halogenated alkanes) is 5. The molecular formula is C38H59NO8. The number of carbonyl (C=O) groups excluding carboxylic acids is 1. The van der Waals surface area contributed by atoms with E-state index in [0.29, 0.717) is 46.1 Å². The molecule has 1 saturated heterocycles. The minimum Gasteiger partial charge on any atom is -0.445 e. The Morgan fingerprint density at radius 1 is 0.723 bits per heavy atom. The third kappa shape index (κ3) is 14.6. The molecular weight excluding hydrogens is 598 g/mol. The van der Waals surface area contributed by atoms with Crippen molar-refractivity contribution < 1.29 is 38.3 Å².